The summed E-state index contributed by atoms with van der Waals surface area (Å²) in [6.45, 7) is 3.46. The molecule has 122 valence electrons. The van der Waals surface area contributed by atoms with Crippen molar-refractivity contribution in [2.45, 2.75) is 19.9 Å². The zero-order valence-corrected chi connectivity index (χ0v) is 15.4. The van der Waals surface area contributed by atoms with Gasteiger partial charge in [0.05, 0.1) is 15.2 Å². The van der Waals surface area contributed by atoms with Crippen molar-refractivity contribution in [1.82, 2.24) is 9.78 Å². The van der Waals surface area contributed by atoms with Crippen LogP contribution in [0.15, 0.2) is 34.0 Å². The number of halogens is 3. The van der Waals surface area contributed by atoms with Crippen LogP contribution in [0.1, 0.15) is 24.2 Å². The van der Waals surface area contributed by atoms with Gasteiger partial charge in [0.1, 0.15) is 6.04 Å². The van der Waals surface area contributed by atoms with E-state index < -0.39 is 12.0 Å². The molecular formula is C14H13BrCl2N4O2. The van der Waals surface area contributed by atoms with E-state index in [0.29, 0.717) is 15.6 Å². The normalized spacial score (nSPS) is 13.0. The number of aromatic nitrogens is 2. The Morgan fingerprint density at radius 2 is 2.17 bits per heavy atom. The fourth-order valence-corrected chi connectivity index (χ4v) is 2.48. The van der Waals surface area contributed by atoms with Crippen LogP contribution < -0.4 is 5.73 Å². The van der Waals surface area contributed by atoms with Gasteiger partial charge < -0.3 is 10.6 Å². The number of hydrogen-bond donors (Lipinski definition) is 1. The maximum Gasteiger partial charge on any atom is 0.359 e. The number of amidine groups is 1. The van der Waals surface area contributed by atoms with E-state index in [1.165, 1.54) is 10.7 Å². The second-order valence-corrected chi connectivity index (χ2v) is 6.43. The van der Waals surface area contributed by atoms with Gasteiger partial charge in [0, 0.05) is 16.8 Å². The molecule has 6 nitrogen and oxygen atoms in total. The summed E-state index contributed by atoms with van der Waals surface area (Å²) in [5, 5.41) is 8.60. The van der Waals surface area contributed by atoms with Crippen LogP contribution in [0.25, 0.3) is 0 Å². The smallest absolute Gasteiger partial charge is 0.359 e. The van der Waals surface area contributed by atoms with Gasteiger partial charge in [0.15, 0.2) is 5.84 Å². The standard InChI is InChI=1S/C14H13BrCl2N4O2/c1-7-11(15)6-21(19-7)8(2)14(22)23-20-13(18)10-4-3-9(16)5-12(10)17/h3-6,8H,1-2H3,(H2,18,20). The molecule has 23 heavy (non-hydrogen) atoms. The van der Waals surface area contributed by atoms with Crippen LogP contribution in [0.5, 0.6) is 0 Å². The highest BCUT2D eigenvalue weighted by Gasteiger charge is 2.19. The summed E-state index contributed by atoms with van der Waals surface area (Å²) in [6, 6.07) is 4.07. The highest BCUT2D eigenvalue weighted by molar-refractivity contribution is 9.10. The average Bonchev–Trinajstić information content (AvgIpc) is 2.83. The van der Waals surface area contributed by atoms with Gasteiger partial charge >= 0.3 is 5.97 Å². The lowest BCUT2D eigenvalue weighted by molar-refractivity contribution is -0.147. The minimum absolute atomic E-state index is 0.0231. The molecule has 0 radical (unpaired) electrons. The van der Waals surface area contributed by atoms with Gasteiger partial charge in [-0.25, -0.2) is 4.79 Å². The third-order valence-electron chi connectivity index (χ3n) is 3.04. The van der Waals surface area contributed by atoms with Gasteiger partial charge in [-0.2, -0.15) is 5.10 Å². The van der Waals surface area contributed by atoms with E-state index in [1.54, 1.807) is 25.3 Å². The zero-order chi connectivity index (χ0) is 17.1. The van der Waals surface area contributed by atoms with Gasteiger partial charge in [-0.3, -0.25) is 4.68 Å². The number of nitrogens with two attached hydrogens (primary N) is 1. The van der Waals surface area contributed by atoms with Crippen molar-refractivity contribution in [2.75, 3.05) is 0 Å². The molecular weight excluding hydrogens is 407 g/mol. The molecule has 0 amide bonds. The first-order valence-corrected chi connectivity index (χ1v) is 8.05. The SMILES string of the molecule is Cc1nn(C(C)C(=O)O/N=C(\N)c2ccc(Cl)cc2Cl)cc1Br. The number of carbonyl (C=O) groups is 1. The third-order valence-corrected chi connectivity index (χ3v) is 4.36. The van der Waals surface area contributed by atoms with Gasteiger partial charge in [0.2, 0.25) is 0 Å². The molecule has 0 spiro atoms. The van der Waals surface area contributed by atoms with Crippen molar-refractivity contribution in [3.8, 4) is 0 Å². The third kappa shape index (κ3) is 4.25. The summed E-state index contributed by atoms with van der Waals surface area (Å²) >= 11 is 15.2. The Morgan fingerprint density at radius 3 is 2.74 bits per heavy atom. The molecule has 1 aromatic heterocycles. The van der Waals surface area contributed by atoms with Crippen LogP contribution in [0.4, 0.5) is 0 Å². The lowest BCUT2D eigenvalue weighted by atomic mass is 10.2. The van der Waals surface area contributed by atoms with Crippen LogP contribution in [0.2, 0.25) is 10.0 Å². The second kappa shape index (κ2) is 7.33. The van der Waals surface area contributed by atoms with E-state index in [0.717, 1.165) is 10.2 Å². The van der Waals surface area contributed by atoms with Crippen LogP contribution in [-0.2, 0) is 9.63 Å². The number of carbonyl (C=O) groups excluding carboxylic acids is 1. The van der Waals surface area contributed by atoms with Gasteiger partial charge in [-0.15, -0.1) is 0 Å². The quantitative estimate of drug-likeness (QED) is 0.354. The molecule has 9 heteroatoms. The Kier molecular flexibility index (Phi) is 5.67. The Morgan fingerprint density at radius 1 is 1.48 bits per heavy atom. The number of aryl methyl sites for hydroxylation is 1. The summed E-state index contributed by atoms with van der Waals surface area (Å²) in [5.74, 6) is -0.627. The Labute approximate surface area is 151 Å². The Balaban J connectivity index is 2.10. The predicted octanol–water partition coefficient (Wildman–Crippen LogP) is 3.69. The van der Waals surface area contributed by atoms with Gasteiger partial charge in [-0.05, 0) is 48.0 Å². The van der Waals surface area contributed by atoms with E-state index in [2.05, 4.69) is 26.2 Å². The minimum Gasteiger partial charge on any atom is -0.380 e. The van der Waals surface area contributed by atoms with Crippen molar-refractivity contribution in [3.63, 3.8) is 0 Å². The van der Waals surface area contributed by atoms with Crippen LogP contribution in [0.3, 0.4) is 0 Å². The second-order valence-electron chi connectivity index (χ2n) is 4.73. The van der Waals surface area contributed by atoms with E-state index >= 15 is 0 Å². The molecule has 0 saturated carbocycles. The van der Waals surface area contributed by atoms with Gasteiger partial charge in [-0.1, -0.05) is 28.4 Å². The number of hydrogen-bond acceptors (Lipinski definition) is 4. The van der Waals surface area contributed by atoms with Crippen molar-refractivity contribution in [2.24, 2.45) is 10.9 Å². The number of oxime groups is 1. The molecule has 0 bridgehead atoms. The monoisotopic (exact) mass is 418 g/mol. The summed E-state index contributed by atoms with van der Waals surface area (Å²) in [5.41, 5.74) is 6.97. The molecule has 1 unspecified atom stereocenters. The van der Waals surface area contributed by atoms with E-state index in [4.69, 9.17) is 33.8 Å². The van der Waals surface area contributed by atoms with Crippen LogP contribution >= 0.6 is 39.1 Å². The van der Waals surface area contributed by atoms with Crippen LogP contribution in [0, 0.1) is 6.92 Å². The number of rotatable bonds is 4. The maximum atomic E-state index is 12.0. The fourth-order valence-electron chi connectivity index (χ4n) is 1.68. The van der Waals surface area contributed by atoms with Crippen molar-refractivity contribution in [1.29, 1.82) is 0 Å². The summed E-state index contributed by atoms with van der Waals surface area (Å²) in [4.78, 5) is 16.9. The van der Waals surface area contributed by atoms with E-state index in [1.807, 2.05) is 6.92 Å². The Hall–Kier alpha value is -1.57. The number of nitrogens with zero attached hydrogens (tertiary/aromatic N) is 3. The average molecular weight is 420 g/mol. The number of benzene rings is 1. The molecule has 0 fully saturated rings. The first-order chi connectivity index (χ1) is 10.8. The zero-order valence-electron chi connectivity index (χ0n) is 12.3. The molecule has 0 aliphatic heterocycles. The largest absolute Gasteiger partial charge is 0.380 e. The topological polar surface area (TPSA) is 82.5 Å². The highest BCUT2D eigenvalue weighted by atomic mass is 79.9. The molecule has 2 N–H and O–H groups in total. The maximum absolute atomic E-state index is 12.0. The summed E-state index contributed by atoms with van der Waals surface area (Å²) in [6.07, 6.45) is 1.68. The van der Waals surface area contributed by atoms with Crippen molar-refractivity contribution in [3.05, 3.63) is 50.2 Å². The fraction of sp³-hybridized carbons (Fsp3) is 0.214. The van der Waals surface area contributed by atoms with Gasteiger partial charge in [0.25, 0.3) is 0 Å². The summed E-state index contributed by atoms with van der Waals surface area (Å²) in [7, 11) is 0. The van der Waals surface area contributed by atoms with Crippen molar-refractivity contribution < 1.29 is 9.63 Å². The lowest BCUT2D eigenvalue weighted by Crippen LogP contribution is -2.21. The Bertz CT molecular complexity index is 757. The first-order valence-electron chi connectivity index (χ1n) is 6.50. The summed E-state index contributed by atoms with van der Waals surface area (Å²) < 4.78 is 2.27. The van der Waals surface area contributed by atoms with Crippen molar-refractivity contribution >= 4 is 50.9 Å². The molecule has 0 saturated heterocycles. The first kappa shape index (κ1) is 17.8. The highest BCUT2D eigenvalue weighted by Crippen LogP contribution is 2.21. The molecule has 2 aromatic rings. The minimum atomic E-state index is -0.655. The predicted molar refractivity (Wildman–Crippen MR) is 92.7 cm³/mol. The lowest BCUT2D eigenvalue weighted by Gasteiger charge is -2.09. The van der Waals surface area contributed by atoms with E-state index in [-0.39, 0.29) is 5.84 Å². The molecule has 1 atom stereocenters. The molecule has 2 rings (SSSR count). The molecule has 1 aromatic carbocycles. The molecule has 0 aliphatic carbocycles. The van der Waals surface area contributed by atoms with Crippen LogP contribution in [-0.4, -0.2) is 21.6 Å². The molecule has 1 heterocycles. The molecule has 0 aliphatic rings. The van der Waals surface area contributed by atoms with E-state index in [9.17, 15) is 4.79 Å².